The number of nitrogens with zero attached hydrogens (tertiary/aromatic N) is 2. The highest BCUT2D eigenvalue weighted by Gasteiger charge is 2.38. The topological polar surface area (TPSA) is 6.48 Å². The van der Waals surface area contributed by atoms with E-state index in [1.165, 1.54) is 45.0 Å². The first-order valence-corrected chi connectivity index (χ1v) is 13.8. The van der Waals surface area contributed by atoms with Gasteiger partial charge in [0.25, 0.3) is 0 Å². The first-order chi connectivity index (χ1) is 18.9. The van der Waals surface area contributed by atoms with Crippen LogP contribution in [0.15, 0.2) is 139 Å². The van der Waals surface area contributed by atoms with Gasteiger partial charge in [-0.25, -0.2) is 0 Å². The van der Waals surface area contributed by atoms with Crippen molar-refractivity contribution >= 4 is 22.6 Å². The number of allylic oxidation sites excluding steroid dienone is 8. The lowest BCUT2D eigenvalue weighted by atomic mass is 9.91. The summed E-state index contributed by atoms with van der Waals surface area (Å²) in [5.74, 6) is 0.866. The van der Waals surface area contributed by atoms with Gasteiger partial charge in [0.05, 0.1) is 12.1 Å². The van der Waals surface area contributed by atoms with Gasteiger partial charge in [-0.3, -0.25) is 0 Å². The van der Waals surface area contributed by atoms with Crippen molar-refractivity contribution in [3.63, 3.8) is 0 Å². The van der Waals surface area contributed by atoms with E-state index in [9.17, 15) is 0 Å². The van der Waals surface area contributed by atoms with E-state index in [1.54, 1.807) is 0 Å². The molecule has 3 aliphatic carbocycles. The van der Waals surface area contributed by atoms with Crippen LogP contribution < -0.4 is 9.80 Å². The van der Waals surface area contributed by atoms with Crippen LogP contribution in [0.4, 0.5) is 17.1 Å². The van der Waals surface area contributed by atoms with Gasteiger partial charge in [-0.1, -0.05) is 103 Å². The van der Waals surface area contributed by atoms with Crippen LogP contribution >= 0.6 is 0 Å². The minimum absolute atomic E-state index is 0.346. The molecule has 0 radical (unpaired) electrons. The van der Waals surface area contributed by atoms with Gasteiger partial charge >= 0.3 is 0 Å². The van der Waals surface area contributed by atoms with Crippen molar-refractivity contribution in [2.24, 2.45) is 0 Å². The molecule has 0 saturated carbocycles. The molecule has 0 bridgehead atoms. The Morgan fingerprint density at radius 3 is 1.74 bits per heavy atom. The fourth-order valence-corrected chi connectivity index (χ4v) is 7.12. The summed E-state index contributed by atoms with van der Waals surface area (Å²) in [5.41, 5.74) is 11.0. The largest absolute Gasteiger partial charge is 0.337 e. The van der Waals surface area contributed by atoms with Gasteiger partial charge in [0, 0.05) is 34.6 Å². The van der Waals surface area contributed by atoms with Crippen molar-refractivity contribution in [2.45, 2.75) is 36.8 Å². The lowest BCUT2D eigenvalue weighted by molar-refractivity contribution is 0.703. The molecule has 2 heteroatoms. The number of para-hydroxylation sites is 2. The minimum atomic E-state index is 0.346. The van der Waals surface area contributed by atoms with Crippen molar-refractivity contribution < 1.29 is 0 Å². The number of hydrogen-bond acceptors (Lipinski definition) is 2. The second-order valence-electron chi connectivity index (χ2n) is 10.8. The SMILES string of the molecule is C1=CC2c3ccccc3N(C3=CC=C(c4ccc(N5c6ccccc6C6C=CC=CC65)cc4)CC3)C2C=C1. The van der Waals surface area contributed by atoms with Crippen LogP contribution in [-0.4, -0.2) is 12.1 Å². The second-order valence-corrected chi connectivity index (χ2v) is 10.8. The predicted octanol–water partition coefficient (Wildman–Crippen LogP) is 8.58. The Morgan fingerprint density at radius 1 is 0.526 bits per heavy atom. The summed E-state index contributed by atoms with van der Waals surface area (Å²) in [6.45, 7) is 0. The zero-order valence-corrected chi connectivity index (χ0v) is 21.3. The fraction of sp³-hybridized carbons (Fsp3) is 0.167. The summed E-state index contributed by atoms with van der Waals surface area (Å²) in [5, 5.41) is 0. The zero-order chi connectivity index (χ0) is 25.1. The highest BCUT2D eigenvalue weighted by Crippen LogP contribution is 2.49. The Hall–Kier alpha value is -4.30. The summed E-state index contributed by atoms with van der Waals surface area (Å²) in [4.78, 5) is 5.08. The van der Waals surface area contributed by atoms with Gasteiger partial charge in [0.2, 0.25) is 0 Å². The number of fused-ring (bicyclic) bond motifs is 6. The molecule has 4 atom stereocenters. The summed E-state index contributed by atoms with van der Waals surface area (Å²) in [6, 6.07) is 27.7. The molecule has 0 amide bonds. The normalized spacial score (nSPS) is 26.0. The van der Waals surface area contributed by atoms with Crippen LogP contribution in [-0.2, 0) is 0 Å². The van der Waals surface area contributed by atoms with Crippen molar-refractivity contribution in [1.82, 2.24) is 0 Å². The predicted molar refractivity (Wildman–Crippen MR) is 159 cm³/mol. The third-order valence-corrected chi connectivity index (χ3v) is 8.87. The first kappa shape index (κ1) is 21.8. The van der Waals surface area contributed by atoms with Crippen LogP contribution in [0.25, 0.3) is 5.57 Å². The molecule has 38 heavy (non-hydrogen) atoms. The van der Waals surface area contributed by atoms with E-state index < -0.39 is 0 Å². The van der Waals surface area contributed by atoms with Crippen LogP contribution in [0.2, 0.25) is 0 Å². The van der Waals surface area contributed by atoms with Crippen molar-refractivity contribution in [3.8, 4) is 0 Å². The fourth-order valence-electron chi connectivity index (χ4n) is 7.12. The third kappa shape index (κ3) is 3.26. The zero-order valence-electron chi connectivity index (χ0n) is 21.3. The lowest BCUT2D eigenvalue weighted by Gasteiger charge is -2.32. The maximum atomic E-state index is 2.57. The number of anilines is 3. The molecular weight excluding hydrogens is 460 g/mol. The standard InChI is InChI=1S/C36H30N2/c1-5-13-33-29(9-1)30-10-2-6-14-34(30)37(33)27-21-17-25(18-22-27)26-19-23-28(24-20-26)38-35-15-7-3-11-31(35)32-12-4-8-16-36(32)38/h1-19,21-23,29,31,33,35H,20,24H2. The Bertz CT molecular complexity index is 1600. The van der Waals surface area contributed by atoms with Crippen LogP contribution in [0, 0.1) is 0 Å². The summed E-state index contributed by atoms with van der Waals surface area (Å²) < 4.78 is 0. The molecule has 8 rings (SSSR count). The van der Waals surface area contributed by atoms with Gasteiger partial charge < -0.3 is 9.80 Å². The average Bonchev–Trinajstić information content (AvgIpc) is 3.51. The second kappa shape index (κ2) is 8.63. The summed E-state index contributed by atoms with van der Waals surface area (Å²) in [7, 11) is 0. The molecule has 3 aromatic rings. The molecule has 5 aliphatic rings. The maximum absolute atomic E-state index is 2.57. The van der Waals surface area contributed by atoms with Crippen LogP contribution in [0.3, 0.4) is 0 Å². The molecule has 184 valence electrons. The van der Waals surface area contributed by atoms with Gasteiger partial charge in [-0.2, -0.15) is 0 Å². The van der Waals surface area contributed by atoms with E-state index >= 15 is 0 Å². The van der Waals surface area contributed by atoms with E-state index in [0.29, 0.717) is 23.9 Å². The summed E-state index contributed by atoms with van der Waals surface area (Å²) >= 11 is 0. The van der Waals surface area contributed by atoms with Crippen molar-refractivity contribution in [1.29, 1.82) is 0 Å². The van der Waals surface area contributed by atoms with Crippen LogP contribution in [0.1, 0.15) is 41.4 Å². The molecule has 3 aromatic carbocycles. The first-order valence-electron chi connectivity index (χ1n) is 13.8. The Kier molecular flexibility index (Phi) is 4.94. The van der Waals surface area contributed by atoms with Crippen molar-refractivity contribution in [3.05, 3.63) is 156 Å². The molecule has 0 aromatic heterocycles. The molecule has 2 heterocycles. The van der Waals surface area contributed by atoms with Gasteiger partial charge in [0.15, 0.2) is 0 Å². The van der Waals surface area contributed by atoms with E-state index in [1.807, 2.05) is 0 Å². The molecule has 0 N–H and O–H groups in total. The number of hydrogen-bond donors (Lipinski definition) is 0. The maximum Gasteiger partial charge on any atom is 0.0629 e. The molecular formula is C36H30N2. The quantitative estimate of drug-likeness (QED) is 0.363. The third-order valence-electron chi connectivity index (χ3n) is 8.87. The molecule has 4 unspecified atom stereocenters. The highest BCUT2D eigenvalue weighted by atomic mass is 15.2. The van der Waals surface area contributed by atoms with Crippen LogP contribution in [0.5, 0.6) is 0 Å². The molecule has 0 spiro atoms. The monoisotopic (exact) mass is 490 g/mol. The molecule has 2 aliphatic heterocycles. The lowest BCUT2D eigenvalue weighted by Crippen LogP contribution is -2.32. The van der Waals surface area contributed by atoms with Crippen molar-refractivity contribution in [2.75, 3.05) is 9.80 Å². The minimum Gasteiger partial charge on any atom is -0.337 e. The Morgan fingerprint density at radius 2 is 1.11 bits per heavy atom. The smallest absolute Gasteiger partial charge is 0.0629 e. The highest BCUT2D eigenvalue weighted by molar-refractivity contribution is 5.78. The number of benzene rings is 3. The van der Waals surface area contributed by atoms with Gasteiger partial charge in [-0.05, 0) is 65.4 Å². The summed E-state index contributed by atoms with van der Waals surface area (Å²) in [6.07, 6.45) is 25.0. The van der Waals surface area contributed by atoms with Gasteiger partial charge in [0.1, 0.15) is 0 Å². The van der Waals surface area contributed by atoms with Gasteiger partial charge in [-0.15, -0.1) is 0 Å². The molecule has 0 saturated heterocycles. The van der Waals surface area contributed by atoms with E-state index in [4.69, 9.17) is 0 Å². The molecule has 0 fully saturated rings. The van der Waals surface area contributed by atoms with E-state index in [0.717, 1.165) is 12.8 Å². The molecule has 2 nitrogen and oxygen atoms in total. The van der Waals surface area contributed by atoms with E-state index in [-0.39, 0.29) is 0 Å². The Labute approximate surface area is 224 Å². The Balaban J connectivity index is 1.08. The number of rotatable bonds is 3. The average molecular weight is 491 g/mol. The van der Waals surface area contributed by atoms with E-state index in [2.05, 4.69) is 143 Å².